The maximum Gasteiger partial charge on any atom is 0.271 e. The van der Waals surface area contributed by atoms with Gasteiger partial charge in [-0.2, -0.15) is 0 Å². The second-order valence-electron chi connectivity index (χ2n) is 4.79. The number of halogens is 3. The van der Waals surface area contributed by atoms with Gasteiger partial charge in [0.1, 0.15) is 5.75 Å². The fourth-order valence-electron chi connectivity index (χ4n) is 1.94. The van der Waals surface area contributed by atoms with Crippen LogP contribution in [0.2, 0.25) is 15.1 Å². The van der Waals surface area contributed by atoms with Crippen molar-refractivity contribution in [3.8, 4) is 5.75 Å². The van der Waals surface area contributed by atoms with Gasteiger partial charge in [-0.3, -0.25) is 14.9 Å². The van der Waals surface area contributed by atoms with Gasteiger partial charge in [0.2, 0.25) is 5.91 Å². The van der Waals surface area contributed by atoms with Crippen LogP contribution in [0.4, 0.5) is 17.1 Å². The highest BCUT2D eigenvalue weighted by atomic mass is 35.5. The van der Waals surface area contributed by atoms with Crippen molar-refractivity contribution in [2.24, 2.45) is 0 Å². The molecule has 0 atom stereocenters. The quantitative estimate of drug-likeness (QED) is 0.416. The smallest absolute Gasteiger partial charge is 0.271 e. The molecule has 132 valence electrons. The Morgan fingerprint density at radius 3 is 2.44 bits per heavy atom. The maximum atomic E-state index is 12.1. The lowest BCUT2D eigenvalue weighted by molar-refractivity contribution is -0.384. The molecule has 0 fully saturated rings. The molecule has 0 heterocycles. The number of amides is 1. The summed E-state index contributed by atoms with van der Waals surface area (Å²) in [7, 11) is 1.42. The van der Waals surface area contributed by atoms with Crippen LogP contribution in [0.25, 0.3) is 0 Å². The molecule has 0 aromatic heterocycles. The first-order valence-electron chi connectivity index (χ1n) is 6.82. The van der Waals surface area contributed by atoms with Gasteiger partial charge in [-0.15, -0.1) is 0 Å². The average molecular weight is 405 g/mol. The predicted octanol–water partition coefficient (Wildman–Crippen LogP) is 4.61. The first-order chi connectivity index (χ1) is 11.8. The summed E-state index contributed by atoms with van der Waals surface area (Å²) in [5, 5.41) is 16.9. The van der Waals surface area contributed by atoms with Crippen LogP contribution in [0.1, 0.15) is 0 Å². The van der Waals surface area contributed by atoms with E-state index in [2.05, 4.69) is 10.6 Å². The number of non-ortho nitro benzene ring substituents is 1. The zero-order valence-electron chi connectivity index (χ0n) is 12.8. The van der Waals surface area contributed by atoms with Gasteiger partial charge in [0.15, 0.2) is 0 Å². The van der Waals surface area contributed by atoms with E-state index in [1.165, 1.54) is 37.4 Å². The predicted molar refractivity (Wildman–Crippen MR) is 98.2 cm³/mol. The maximum absolute atomic E-state index is 12.1. The van der Waals surface area contributed by atoms with Gasteiger partial charge in [-0.1, -0.05) is 34.8 Å². The number of rotatable bonds is 6. The fourth-order valence-corrected chi connectivity index (χ4v) is 2.53. The van der Waals surface area contributed by atoms with Crippen molar-refractivity contribution >= 4 is 57.8 Å². The number of nitro groups is 1. The van der Waals surface area contributed by atoms with Crippen LogP contribution in [0.3, 0.4) is 0 Å². The summed E-state index contributed by atoms with van der Waals surface area (Å²) in [5.74, 6) is -0.0696. The van der Waals surface area contributed by atoms with Gasteiger partial charge < -0.3 is 15.4 Å². The second kappa shape index (κ2) is 8.24. The zero-order valence-corrected chi connectivity index (χ0v) is 15.1. The van der Waals surface area contributed by atoms with Crippen LogP contribution in [0, 0.1) is 10.1 Å². The normalized spacial score (nSPS) is 10.2. The molecule has 7 nitrogen and oxygen atoms in total. The summed E-state index contributed by atoms with van der Waals surface area (Å²) in [4.78, 5) is 22.4. The molecular weight excluding hydrogens is 393 g/mol. The lowest BCUT2D eigenvalue weighted by Gasteiger charge is -2.12. The minimum Gasteiger partial charge on any atom is -0.495 e. The van der Waals surface area contributed by atoms with Crippen molar-refractivity contribution in [3.63, 3.8) is 0 Å². The molecule has 0 aliphatic heterocycles. The van der Waals surface area contributed by atoms with Crippen LogP contribution in [-0.2, 0) is 4.79 Å². The Kier molecular flexibility index (Phi) is 6.30. The number of benzene rings is 2. The van der Waals surface area contributed by atoms with Gasteiger partial charge in [-0.05, 0) is 18.2 Å². The Bertz CT molecular complexity index is 830. The van der Waals surface area contributed by atoms with E-state index >= 15 is 0 Å². The van der Waals surface area contributed by atoms with Gasteiger partial charge in [0.05, 0.1) is 45.0 Å². The molecule has 0 aliphatic rings. The van der Waals surface area contributed by atoms with E-state index < -0.39 is 10.8 Å². The number of hydrogen-bond donors (Lipinski definition) is 2. The van der Waals surface area contributed by atoms with Crippen molar-refractivity contribution in [2.45, 2.75) is 0 Å². The highest BCUT2D eigenvalue weighted by Gasteiger charge is 2.13. The van der Waals surface area contributed by atoms with Gasteiger partial charge >= 0.3 is 0 Å². The molecule has 0 saturated carbocycles. The average Bonchev–Trinajstić information content (AvgIpc) is 2.57. The summed E-state index contributed by atoms with van der Waals surface area (Å²) < 4.78 is 5.11. The third-order valence-electron chi connectivity index (χ3n) is 3.12. The molecule has 0 saturated heterocycles. The van der Waals surface area contributed by atoms with Gasteiger partial charge in [0, 0.05) is 12.1 Å². The van der Waals surface area contributed by atoms with E-state index in [4.69, 9.17) is 39.5 Å². The van der Waals surface area contributed by atoms with E-state index in [-0.39, 0.29) is 27.3 Å². The molecule has 1 amide bonds. The molecule has 2 aromatic carbocycles. The van der Waals surface area contributed by atoms with Crippen molar-refractivity contribution in [1.29, 1.82) is 0 Å². The Morgan fingerprint density at radius 1 is 1.12 bits per heavy atom. The third kappa shape index (κ3) is 4.88. The summed E-state index contributed by atoms with van der Waals surface area (Å²) in [6.07, 6.45) is 0. The molecule has 0 radical (unpaired) electrons. The number of nitrogens with zero attached hydrogens (tertiary/aromatic N) is 1. The van der Waals surface area contributed by atoms with Crippen molar-refractivity contribution in [2.75, 3.05) is 24.3 Å². The van der Waals surface area contributed by atoms with E-state index in [0.29, 0.717) is 17.1 Å². The molecule has 10 heteroatoms. The van der Waals surface area contributed by atoms with E-state index in [1.807, 2.05) is 0 Å². The van der Waals surface area contributed by atoms with Crippen molar-refractivity contribution in [1.82, 2.24) is 0 Å². The second-order valence-corrected chi connectivity index (χ2v) is 6.01. The fraction of sp³-hybridized carbons (Fsp3) is 0.133. The highest BCUT2D eigenvalue weighted by molar-refractivity contribution is 6.44. The number of ether oxygens (including phenoxy) is 1. The van der Waals surface area contributed by atoms with Crippen LogP contribution in [-0.4, -0.2) is 24.5 Å². The molecule has 0 bridgehead atoms. The molecule has 0 aliphatic carbocycles. The van der Waals surface area contributed by atoms with Crippen molar-refractivity contribution < 1.29 is 14.5 Å². The summed E-state index contributed by atoms with van der Waals surface area (Å²) in [6.45, 7) is -0.173. The highest BCUT2D eigenvalue weighted by Crippen LogP contribution is 2.32. The Hall–Kier alpha value is -2.22. The number of carbonyl (C=O) groups excluding carboxylic acids is 1. The van der Waals surface area contributed by atoms with Gasteiger partial charge in [-0.25, -0.2) is 0 Å². The SMILES string of the molecule is COc1ccc([N+](=O)[O-])cc1NCC(=O)Nc1cc(Cl)c(Cl)cc1Cl. The first kappa shape index (κ1) is 19.1. The molecule has 2 aromatic rings. The number of carbonyl (C=O) groups is 1. The lowest BCUT2D eigenvalue weighted by Crippen LogP contribution is -2.22. The van der Waals surface area contributed by atoms with E-state index in [1.54, 1.807) is 0 Å². The summed E-state index contributed by atoms with van der Waals surface area (Å²) >= 11 is 17.7. The van der Waals surface area contributed by atoms with Crippen LogP contribution in [0.5, 0.6) is 5.75 Å². The van der Waals surface area contributed by atoms with Crippen LogP contribution < -0.4 is 15.4 Å². The molecule has 25 heavy (non-hydrogen) atoms. The van der Waals surface area contributed by atoms with E-state index in [0.717, 1.165) is 0 Å². The minimum atomic E-state index is -0.541. The Balaban J connectivity index is 2.09. The molecule has 0 unspecified atom stereocenters. The van der Waals surface area contributed by atoms with Crippen LogP contribution in [0.15, 0.2) is 30.3 Å². The Morgan fingerprint density at radius 2 is 1.80 bits per heavy atom. The summed E-state index contributed by atoms with van der Waals surface area (Å²) in [6, 6.07) is 6.86. The standard InChI is InChI=1S/C15H12Cl3N3O4/c1-25-14-3-2-8(21(23)24)4-13(14)19-7-15(22)20-12-6-10(17)9(16)5-11(12)18/h2-6,19H,7H2,1H3,(H,20,22). The van der Waals surface area contributed by atoms with Crippen molar-refractivity contribution in [3.05, 3.63) is 55.5 Å². The third-order valence-corrected chi connectivity index (χ3v) is 4.15. The van der Waals surface area contributed by atoms with Crippen LogP contribution >= 0.6 is 34.8 Å². The largest absolute Gasteiger partial charge is 0.495 e. The lowest BCUT2D eigenvalue weighted by atomic mass is 10.2. The molecule has 2 rings (SSSR count). The number of methoxy groups -OCH3 is 1. The number of nitrogens with one attached hydrogen (secondary N) is 2. The first-order valence-corrected chi connectivity index (χ1v) is 7.96. The molecule has 2 N–H and O–H groups in total. The number of anilines is 2. The zero-order chi connectivity index (χ0) is 18.6. The van der Waals surface area contributed by atoms with Gasteiger partial charge in [0.25, 0.3) is 5.69 Å². The monoisotopic (exact) mass is 403 g/mol. The topological polar surface area (TPSA) is 93.5 Å². The Labute approximate surface area is 158 Å². The summed E-state index contributed by atoms with van der Waals surface area (Å²) in [5.41, 5.74) is 0.484. The molecular formula is C15H12Cl3N3O4. The molecule has 0 spiro atoms. The van der Waals surface area contributed by atoms with E-state index in [9.17, 15) is 14.9 Å². The number of hydrogen-bond acceptors (Lipinski definition) is 5. The minimum absolute atomic E-state index is 0.128. The number of nitro benzene ring substituents is 1.